The van der Waals surface area contributed by atoms with Crippen molar-refractivity contribution in [1.29, 1.82) is 0 Å². The Hall–Kier alpha value is -3.29. The molecule has 0 saturated carbocycles. The lowest BCUT2D eigenvalue weighted by molar-refractivity contribution is -0.141. The number of carboxylic acids is 1. The Morgan fingerprint density at radius 2 is 1.82 bits per heavy atom. The average molecular weight is 386 g/mol. The number of likely N-dealkylation sites (tertiary alicyclic amines) is 1. The van der Waals surface area contributed by atoms with Gasteiger partial charge in [0.1, 0.15) is 11.6 Å². The number of carbonyl (C=O) groups excluding carboxylic acids is 2. The maximum atomic E-state index is 13.6. The number of amides is 2. The molecule has 1 fully saturated rings. The molecule has 8 heteroatoms. The van der Waals surface area contributed by atoms with E-state index < -0.39 is 35.3 Å². The number of fused-ring (bicyclic) bond motifs is 1. The molecule has 2 aliphatic heterocycles. The van der Waals surface area contributed by atoms with Crippen LogP contribution >= 0.6 is 0 Å². The van der Waals surface area contributed by atoms with Gasteiger partial charge in [-0.1, -0.05) is 12.1 Å². The third kappa shape index (κ3) is 3.00. The topological polar surface area (TPSA) is 86.7 Å². The summed E-state index contributed by atoms with van der Waals surface area (Å²) >= 11 is 0. The maximum absolute atomic E-state index is 13.6. The van der Waals surface area contributed by atoms with Crippen molar-refractivity contribution >= 4 is 17.8 Å². The predicted octanol–water partition coefficient (Wildman–Crippen LogP) is 2.15. The van der Waals surface area contributed by atoms with Crippen molar-refractivity contribution in [2.24, 2.45) is 5.92 Å². The standard InChI is InChI=1S/C20H16F2N2O4/c21-12-4-11(5-13(22)6-12)15-8-24(9-16(15)20(27)28)19(26)14-3-1-2-10-7-23-18(25)17(10)14/h1-6,15-16H,7-9H2,(H,23,25)(H,27,28)/t15-,16+/m0/s1. The van der Waals surface area contributed by atoms with E-state index in [-0.39, 0.29) is 30.1 Å². The molecule has 2 heterocycles. The van der Waals surface area contributed by atoms with Crippen molar-refractivity contribution in [3.63, 3.8) is 0 Å². The largest absolute Gasteiger partial charge is 0.481 e. The highest BCUT2D eigenvalue weighted by Crippen LogP contribution is 2.35. The van der Waals surface area contributed by atoms with Crippen LogP contribution in [0.5, 0.6) is 0 Å². The first kappa shape index (κ1) is 18.1. The minimum Gasteiger partial charge on any atom is -0.481 e. The van der Waals surface area contributed by atoms with E-state index >= 15 is 0 Å². The zero-order valence-corrected chi connectivity index (χ0v) is 14.6. The van der Waals surface area contributed by atoms with Crippen molar-refractivity contribution in [3.8, 4) is 0 Å². The van der Waals surface area contributed by atoms with E-state index in [1.54, 1.807) is 12.1 Å². The van der Waals surface area contributed by atoms with Gasteiger partial charge in [-0.2, -0.15) is 0 Å². The van der Waals surface area contributed by atoms with Gasteiger partial charge in [0.2, 0.25) is 0 Å². The summed E-state index contributed by atoms with van der Waals surface area (Å²) in [7, 11) is 0. The molecule has 2 aliphatic rings. The van der Waals surface area contributed by atoms with Gasteiger partial charge >= 0.3 is 5.97 Å². The molecule has 28 heavy (non-hydrogen) atoms. The highest BCUT2D eigenvalue weighted by Gasteiger charge is 2.42. The molecule has 1 saturated heterocycles. The summed E-state index contributed by atoms with van der Waals surface area (Å²) in [6, 6.07) is 7.82. The van der Waals surface area contributed by atoms with Gasteiger partial charge in [0.15, 0.2) is 0 Å². The Bertz CT molecular complexity index is 987. The fraction of sp³-hybridized carbons (Fsp3) is 0.250. The third-order valence-electron chi connectivity index (χ3n) is 5.28. The summed E-state index contributed by atoms with van der Waals surface area (Å²) in [6.07, 6.45) is 0. The fourth-order valence-corrected chi connectivity index (χ4v) is 3.97. The lowest BCUT2D eigenvalue weighted by Gasteiger charge is -2.18. The van der Waals surface area contributed by atoms with Crippen LogP contribution in [0.25, 0.3) is 0 Å². The van der Waals surface area contributed by atoms with Gasteiger partial charge in [0, 0.05) is 31.6 Å². The molecule has 2 aromatic carbocycles. The summed E-state index contributed by atoms with van der Waals surface area (Å²) in [4.78, 5) is 38.2. The quantitative estimate of drug-likeness (QED) is 0.846. The number of nitrogens with one attached hydrogen (secondary N) is 1. The molecule has 0 aliphatic carbocycles. The van der Waals surface area contributed by atoms with Gasteiger partial charge in [0.05, 0.1) is 17.0 Å². The van der Waals surface area contributed by atoms with E-state index in [9.17, 15) is 28.3 Å². The lowest BCUT2D eigenvalue weighted by Crippen LogP contribution is -2.31. The molecule has 0 unspecified atom stereocenters. The summed E-state index contributed by atoms with van der Waals surface area (Å²) in [5, 5.41) is 12.2. The van der Waals surface area contributed by atoms with Crippen LogP contribution in [0.15, 0.2) is 36.4 Å². The summed E-state index contributed by atoms with van der Waals surface area (Å²) in [6.45, 7) is 0.213. The second-order valence-electron chi connectivity index (χ2n) is 6.99. The number of carbonyl (C=O) groups is 3. The summed E-state index contributed by atoms with van der Waals surface area (Å²) < 4.78 is 27.2. The SMILES string of the molecule is O=C1NCc2cccc(C(=O)N3C[C@@H](C(=O)O)[C@H](c4cc(F)cc(F)c4)C3)c21. The smallest absolute Gasteiger partial charge is 0.308 e. The van der Waals surface area contributed by atoms with Gasteiger partial charge in [0.25, 0.3) is 11.8 Å². The van der Waals surface area contributed by atoms with Crippen LogP contribution in [-0.4, -0.2) is 40.9 Å². The van der Waals surface area contributed by atoms with E-state index in [1.807, 2.05) is 0 Å². The van der Waals surface area contributed by atoms with Gasteiger partial charge in [-0.25, -0.2) is 8.78 Å². The van der Waals surface area contributed by atoms with Gasteiger partial charge in [-0.05, 0) is 29.3 Å². The lowest BCUT2D eigenvalue weighted by atomic mass is 9.89. The molecular weight excluding hydrogens is 370 g/mol. The van der Waals surface area contributed by atoms with Crippen molar-refractivity contribution in [1.82, 2.24) is 10.2 Å². The highest BCUT2D eigenvalue weighted by molar-refractivity contribution is 6.09. The second-order valence-corrected chi connectivity index (χ2v) is 6.99. The Kier molecular flexibility index (Phi) is 4.33. The number of rotatable bonds is 3. The van der Waals surface area contributed by atoms with Gasteiger partial charge in [-0.15, -0.1) is 0 Å². The minimum absolute atomic E-state index is 0.00994. The molecule has 0 radical (unpaired) electrons. The molecule has 144 valence electrons. The van der Waals surface area contributed by atoms with Gasteiger partial charge in [-0.3, -0.25) is 14.4 Å². The normalized spacial score (nSPS) is 20.8. The zero-order valence-electron chi connectivity index (χ0n) is 14.6. The number of benzene rings is 2. The Labute approximate surface area is 158 Å². The molecule has 4 rings (SSSR count). The van der Waals surface area contributed by atoms with Crippen LogP contribution in [0.2, 0.25) is 0 Å². The first-order valence-electron chi connectivity index (χ1n) is 8.73. The minimum atomic E-state index is -1.15. The van der Waals surface area contributed by atoms with Crippen molar-refractivity contribution in [2.45, 2.75) is 12.5 Å². The maximum Gasteiger partial charge on any atom is 0.308 e. The van der Waals surface area contributed by atoms with Crippen molar-refractivity contribution in [2.75, 3.05) is 13.1 Å². The van der Waals surface area contributed by atoms with Crippen LogP contribution in [0, 0.1) is 17.6 Å². The molecule has 0 bridgehead atoms. The Morgan fingerprint density at radius 3 is 2.50 bits per heavy atom. The number of hydrogen-bond acceptors (Lipinski definition) is 3. The van der Waals surface area contributed by atoms with E-state index in [1.165, 1.54) is 11.0 Å². The molecule has 2 atom stereocenters. The van der Waals surface area contributed by atoms with E-state index in [2.05, 4.69) is 5.32 Å². The molecule has 6 nitrogen and oxygen atoms in total. The summed E-state index contributed by atoms with van der Waals surface area (Å²) in [5.74, 6) is -5.34. The third-order valence-corrected chi connectivity index (χ3v) is 5.28. The second kappa shape index (κ2) is 6.70. The Balaban J connectivity index is 1.67. The molecule has 2 N–H and O–H groups in total. The molecule has 0 aromatic heterocycles. The van der Waals surface area contributed by atoms with Crippen LogP contribution in [0.1, 0.15) is 37.8 Å². The van der Waals surface area contributed by atoms with Crippen LogP contribution in [0.4, 0.5) is 8.78 Å². The number of aliphatic carboxylic acids is 1. The van der Waals surface area contributed by atoms with E-state index in [0.717, 1.165) is 12.1 Å². The van der Waals surface area contributed by atoms with E-state index in [0.29, 0.717) is 23.7 Å². The fourth-order valence-electron chi connectivity index (χ4n) is 3.97. The number of hydrogen-bond donors (Lipinski definition) is 2. The number of carboxylic acid groups (broad SMARTS) is 1. The molecule has 2 amide bonds. The average Bonchev–Trinajstić information content (AvgIpc) is 3.25. The molecular formula is C20H16F2N2O4. The first-order chi connectivity index (χ1) is 13.3. The van der Waals surface area contributed by atoms with Crippen molar-refractivity contribution in [3.05, 3.63) is 70.3 Å². The zero-order chi connectivity index (χ0) is 20.0. The number of nitrogens with zero attached hydrogens (tertiary/aromatic N) is 1. The van der Waals surface area contributed by atoms with Crippen LogP contribution < -0.4 is 5.32 Å². The molecule has 2 aromatic rings. The monoisotopic (exact) mass is 386 g/mol. The van der Waals surface area contributed by atoms with Crippen LogP contribution in [0.3, 0.4) is 0 Å². The van der Waals surface area contributed by atoms with Crippen molar-refractivity contribution < 1.29 is 28.3 Å². The number of halogens is 2. The van der Waals surface area contributed by atoms with E-state index in [4.69, 9.17) is 0 Å². The summed E-state index contributed by atoms with van der Waals surface area (Å²) in [5.41, 5.74) is 1.38. The molecule has 0 spiro atoms. The Morgan fingerprint density at radius 1 is 1.11 bits per heavy atom. The predicted molar refractivity (Wildman–Crippen MR) is 93.7 cm³/mol. The first-order valence-corrected chi connectivity index (χ1v) is 8.73. The van der Waals surface area contributed by atoms with Gasteiger partial charge < -0.3 is 15.3 Å². The highest BCUT2D eigenvalue weighted by atomic mass is 19.1. The van der Waals surface area contributed by atoms with Crippen LogP contribution in [-0.2, 0) is 11.3 Å².